The highest BCUT2D eigenvalue weighted by Gasteiger charge is 2.34. The van der Waals surface area contributed by atoms with Crippen molar-refractivity contribution in [3.63, 3.8) is 0 Å². The molecule has 0 bridgehead atoms. The minimum Gasteiger partial charge on any atom is -0.508 e. The molecule has 3 N–H and O–H groups in total. The number of carbonyl (C=O) groups excluding carboxylic acids is 1. The summed E-state index contributed by atoms with van der Waals surface area (Å²) in [7, 11) is 0. The number of halogens is 4. The van der Waals surface area contributed by atoms with Crippen LogP contribution in [0.5, 0.6) is 5.75 Å². The number of hydrogen-bond donors (Lipinski definition) is 2. The largest absolute Gasteiger partial charge is 0.508 e. The van der Waals surface area contributed by atoms with E-state index in [0.717, 1.165) is 24.3 Å². The van der Waals surface area contributed by atoms with Crippen molar-refractivity contribution in [2.45, 2.75) is 6.18 Å². The van der Waals surface area contributed by atoms with Crippen LogP contribution in [0.3, 0.4) is 0 Å². The van der Waals surface area contributed by atoms with Crippen LogP contribution in [0.25, 0.3) is 28.3 Å². The van der Waals surface area contributed by atoms with Crippen LogP contribution in [0.2, 0.25) is 0 Å². The van der Waals surface area contributed by atoms with E-state index in [-0.39, 0.29) is 22.4 Å². The van der Waals surface area contributed by atoms with Crippen molar-refractivity contribution in [1.29, 1.82) is 0 Å². The van der Waals surface area contributed by atoms with Gasteiger partial charge in [0.25, 0.3) is 0 Å². The van der Waals surface area contributed by atoms with E-state index in [1.165, 1.54) is 6.08 Å². The zero-order valence-corrected chi connectivity index (χ0v) is 14.9. The van der Waals surface area contributed by atoms with Gasteiger partial charge in [-0.25, -0.2) is 4.39 Å². The summed E-state index contributed by atoms with van der Waals surface area (Å²) >= 11 is 0. The van der Waals surface area contributed by atoms with Gasteiger partial charge in [0.05, 0.1) is 5.56 Å². The first kappa shape index (κ1) is 20.1. The number of alkyl halides is 3. The molecule has 0 aliphatic rings. The number of nitrogens with two attached hydrogens (primary N) is 1. The Morgan fingerprint density at radius 2 is 1.69 bits per heavy atom. The number of carbonyl (C=O) groups is 1. The van der Waals surface area contributed by atoms with Crippen LogP contribution in [0.15, 0.2) is 61.2 Å². The molecule has 0 aliphatic carbocycles. The normalized spacial score (nSPS) is 11.3. The average molecular weight is 401 g/mol. The molecule has 3 aromatic rings. The van der Waals surface area contributed by atoms with E-state index < -0.39 is 29.0 Å². The van der Waals surface area contributed by atoms with Gasteiger partial charge in [0.15, 0.2) is 0 Å². The summed E-state index contributed by atoms with van der Waals surface area (Å²) in [6, 6.07) is 11.0. The Hall–Kier alpha value is -3.61. The molecule has 0 saturated carbocycles. The minimum atomic E-state index is -4.79. The fraction of sp³-hybridized carbons (Fsp3) is 0.0455. The maximum Gasteiger partial charge on any atom is 0.416 e. The maximum atomic E-state index is 14.6. The summed E-state index contributed by atoms with van der Waals surface area (Å²) in [5, 5.41) is 9.47. The summed E-state index contributed by atoms with van der Waals surface area (Å²) < 4.78 is 55.0. The Morgan fingerprint density at radius 1 is 1.00 bits per heavy atom. The maximum absolute atomic E-state index is 14.6. The van der Waals surface area contributed by atoms with E-state index in [1.54, 1.807) is 24.3 Å². The van der Waals surface area contributed by atoms with Gasteiger partial charge in [0.2, 0.25) is 5.91 Å². The first-order valence-corrected chi connectivity index (χ1v) is 8.39. The molecule has 0 spiro atoms. The molecule has 1 amide bonds. The SMILES string of the molecule is C=Cc1ccccc1-c1c(C(N)=O)cc(C(F)(F)F)cc1-c1ccc(O)cc1F. The van der Waals surface area contributed by atoms with Gasteiger partial charge in [0, 0.05) is 22.8 Å². The summed E-state index contributed by atoms with van der Waals surface area (Å²) in [6.07, 6.45) is -3.32. The first-order chi connectivity index (χ1) is 13.6. The van der Waals surface area contributed by atoms with E-state index in [4.69, 9.17) is 5.73 Å². The van der Waals surface area contributed by atoms with E-state index in [0.29, 0.717) is 17.2 Å². The van der Waals surface area contributed by atoms with Crippen molar-refractivity contribution in [2.75, 3.05) is 0 Å². The van der Waals surface area contributed by atoms with Gasteiger partial charge in [-0.1, -0.05) is 36.9 Å². The van der Waals surface area contributed by atoms with Gasteiger partial charge in [-0.2, -0.15) is 13.2 Å². The Morgan fingerprint density at radius 3 is 2.28 bits per heavy atom. The van der Waals surface area contributed by atoms with Crippen molar-refractivity contribution in [2.24, 2.45) is 5.73 Å². The first-order valence-electron chi connectivity index (χ1n) is 8.39. The number of phenolic OH excluding ortho intramolecular Hbond substituents is 1. The molecule has 0 unspecified atom stereocenters. The summed E-state index contributed by atoms with van der Waals surface area (Å²) in [6.45, 7) is 3.68. The van der Waals surface area contributed by atoms with Crippen molar-refractivity contribution < 1.29 is 27.5 Å². The smallest absolute Gasteiger partial charge is 0.416 e. The lowest BCUT2D eigenvalue weighted by atomic mass is 9.86. The predicted octanol–water partition coefficient (Wildman–Crippen LogP) is 5.63. The van der Waals surface area contributed by atoms with Crippen molar-refractivity contribution in [3.8, 4) is 28.0 Å². The Kier molecular flexibility index (Phi) is 5.16. The van der Waals surface area contributed by atoms with Gasteiger partial charge in [-0.05, 0) is 41.0 Å². The number of hydrogen-bond acceptors (Lipinski definition) is 2. The highest BCUT2D eigenvalue weighted by molar-refractivity contribution is 6.05. The second-order valence-electron chi connectivity index (χ2n) is 6.26. The molecule has 0 heterocycles. The van der Waals surface area contributed by atoms with Gasteiger partial charge in [-0.15, -0.1) is 0 Å². The lowest BCUT2D eigenvalue weighted by Gasteiger charge is -2.19. The van der Waals surface area contributed by atoms with Crippen LogP contribution in [0, 0.1) is 5.82 Å². The third-order valence-corrected chi connectivity index (χ3v) is 4.42. The van der Waals surface area contributed by atoms with Crippen LogP contribution in [-0.4, -0.2) is 11.0 Å². The molecule has 0 aliphatic heterocycles. The highest BCUT2D eigenvalue weighted by Crippen LogP contribution is 2.42. The number of amides is 1. The monoisotopic (exact) mass is 401 g/mol. The summed E-state index contributed by atoms with van der Waals surface area (Å²) in [4.78, 5) is 12.1. The summed E-state index contributed by atoms with van der Waals surface area (Å²) in [5.74, 6) is -2.43. The predicted molar refractivity (Wildman–Crippen MR) is 103 cm³/mol. The third kappa shape index (κ3) is 3.85. The fourth-order valence-corrected chi connectivity index (χ4v) is 3.13. The quantitative estimate of drug-likeness (QED) is 0.557. The molecule has 7 heteroatoms. The van der Waals surface area contributed by atoms with Gasteiger partial charge in [0.1, 0.15) is 11.6 Å². The van der Waals surface area contributed by atoms with Gasteiger partial charge in [-0.3, -0.25) is 4.79 Å². The van der Waals surface area contributed by atoms with Crippen LogP contribution < -0.4 is 5.73 Å². The number of primary amides is 1. The van der Waals surface area contributed by atoms with E-state index in [9.17, 15) is 27.5 Å². The molecule has 148 valence electrons. The average Bonchev–Trinajstić information content (AvgIpc) is 2.66. The van der Waals surface area contributed by atoms with Crippen LogP contribution in [0.4, 0.5) is 17.6 Å². The minimum absolute atomic E-state index is 0.0468. The fourth-order valence-electron chi connectivity index (χ4n) is 3.13. The Labute approximate surface area is 163 Å². The highest BCUT2D eigenvalue weighted by atomic mass is 19.4. The molecule has 0 fully saturated rings. The molecule has 29 heavy (non-hydrogen) atoms. The number of benzene rings is 3. The number of phenols is 1. The zero-order valence-electron chi connectivity index (χ0n) is 14.9. The topological polar surface area (TPSA) is 63.3 Å². The summed E-state index contributed by atoms with van der Waals surface area (Å²) in [5.41, 5.74) is 4.39. The van der Waals surface area contributed by atoms with E-state index >= 15 is 0 Å². The van der Waals surface area contributed by atoms with Crippen molar-refractivity contribution in [1.82, 2.24) is 0 Å². The number of aromatic hydroxyl groups is 1. The molecule has 3 aromatic carbocycles. The van der Waals surface area contributed by atoms with Crippen LogP contribution >= 0.6 is 0 Å². The number of rotatable bonds is 4. The second-order valence-corrected chi connectivity index (χ2v) is 6.26. The van der Waals surface area contributed by atoms with Crippen molar-refractivity contribution in [3.05, 3.63) is 83.7 Å². The van der Waals surface area contributed by atoms with E-state index in [1.807, 2.05) is 0 Å². The molecule has 0 aromatic heterocycles. The van der Waals surface area contributed by atoms with Gasteiger partial charge < -0.3 is 10.8 Å². The lowest BCUT2D eigenvalue weighted by molar-refractivity contribution is -0.137. The molecular formula is C22H15F4NO2. The van der Waals surface area contributed by atoms with Crippen molar-refractivity contribution >= 4 is 12.0 Å². The van der Waals surface area contributed by atoms with E-state index in [2.05, 4.69) is 6.58 Å². The second kappa shape index (κ2) is 7.43. The molecule has 3 rings (SSSR count). The molecule has 0 atom stereocenters. The Balaban J connectivity index is 2.51. The molecular weight excluding hydrogens is 386 g/mol. The Bertz CT molecular complexity index is 1120. The molecule has 3 nitrogen and oxygen atoms in total. The lowest BCUT2D eigenvalue weighted by Crippen LogP contribution is -2.16. The standard InChI is InChI=1S/C22H15F4NO2/c1-2-12-5-3-4-6-15(12)20-17(16-8-7-14(28)11-19(16)23)9-13(22(24,25)26)10-18(20)21(27)29/h2-11,28H,1H2,(H2,27,29). The van der Waals surface area contributed by atoms with Gasteiger partial charge >= 0.3 is 6.18 Å². The van der Waals surface area contributed by atoms with Crippen LogP contribution in [0.1, 0.15) is 21.5 Å². The third-order valence-electron chi connectivity index (χ3n) is 4.42. The molecule has 0 saturated heterocycles. The molecule has 0 radical (unpaired) electrons. The van der Waals surface area contributed by atoms with Crippen LogP contribution in [-0.2, 0) is 6.18 Å². The zero-order chi connectivity index (χ0) is 21.3.